The van der Waals surface area contributed by atoms with Crippen LogP contribution in [0.1, 0.15) is 11.1 Å². The van der Waals surface area contributed by atoms with Gasteiger partial charge in [-0.2, -0.15) is 0 Å². The number of aliphatic imine (C=N–C) groups is 1. The Morgan fingerprint density at radius 2 is 1.58 bits per heavy atom. The molecule has 9 heteroatoms. The smallest absolute Gasteiger partial charge is 0.184 e. The van der Waals surface area contributed by atoms with Crippen molar-refractivity contribution in [1.29, 1.82) is 0 Å². The van der Waals surface area contributed by atoms with Crippen molar-refractivity contribution in [1.82, 2.24) is 9.66 Å². The Morgan fingerprint density at radius 3 is 2.33 bits per heavy atom. The molecule has 0 bridgehead atoms. The van der Waals surface area contributed by atoms with Crippen LogP contribution >= 0.6 is 46.4 Å². The second-order valence-electron chi connectivity index (χ2n) is 5.00. The summed E-state index contributed by atoms with van der Waals surface area (Å²) >= 11 is 24.8. The average Bonchev–Trinajstić information content (AvgIpc) is 3.13. The Kier molecular flexibility index (Phi) is 3.69. The summed E-state index contributed by atoms with van der Waals surface area (Å²) in [6.07, 6.45) is 1.58. The number of imidazole rings is 1. The predicted molar refractivity (Wildman–Crippen MR) is 98.9 cm³/mol. The van der Waals surface area contributed by atoms with Gasteiger partial charge >= 0.3 is 0 Å². The minimum absolute atomic E-state index is 0.134. The molecule has 2 N–H and O–H groups in total. The molecule has 1 aliphatic heterocycles. The van der Waals surface area contributed by atoms with E-state index in [9.17, 15) is 0 Å². The minimum Gasteiger partial charge on any atom is -0.383 e. The van der Waals surface area contributed by atoms with Gasteiger partial charge in [0.15, 0.2) is 5.84 Å². The van der Waals surface area contributed by atoms with E-state index >= 15 is 0 Å². The molecular formula is C15H7Cl4N5. The van der Waals surface area contributed by atoms with Crippen LogP contribution in [-0.2, 0) is 0 Å². The average molecular weight is 399 g/mol. The second kappa shape index (κ2) is 5.63. The standard InChI is InChI=1S/C15H7Cl4N5/c16-10-8-9(11(17)13(19)12(10)18)15(22-14(8)20)23-24-5-21-6-3-1-2-4-7(6)24/h1-5H,(H2,20,22,23). The van der Waals surface area contributed by atoms with E-state index in [0.29, 0.717) is 11.1 Å². The van der Waals surface area contributed by atoms with Gasteiger partial charge in [0, 0.05) is 5.56 Å². The largest absolute Gasteiger partial charge is 0.383 e. The maximum atomic E-state index is 6.32. The van der Waals surface area contributed by atoms with E-state index in [2.05, 4.69) is 15.1 Å². The SMILES string of the molecule is NC1=NC(=Nn2cnc3ccccc32)c2c(Cl)c(Cl)c(Cl)c(Cl)c21. The van der Waals surface area contributed by atoms with Gasteiger partial charge in [-0.1, -0.05) is 58.5 Å². The fourth-order valence-electron chi connectivity index (χ4n) is 2.51. The third-order valence-electron chi connectivity index (χ3n) is 3.61. The molecule has 4 rings (SSSR count). The van der Waals surface area contributed by atoms with E-state index in [-0.39, 0.29) is 31.8 Å². The van der Waals surface area contributed by atoms with E-state index in [1.54, 1.807) is 11.0 Å². The summed E-state index contributed by atoms with van der Waals surface area (Å²) in [5.41, 5.74) is 8.46. The van der Waals surface area contributed by atoms with Crippen LogP contribution < -0.4 is 5.73 Å². The van der Waals surface area contributed by atoms with Gasteiger partial charge in [0.1, 0.15) is 12.2 Å². The molecule has 0 radical (unpaired) electrons. The van der Waals surface area contributed by atoms with Crippen LogP contribution in [0.5, 0.6) is 0 Å². The second-order valence-corrected chi connectivity index (χ2v) is 6.52. The van der Waals surface area contributed by atoms with E-state index in [0.717, 1.165) is 11.0 Å². The monoisotopic (exact) mass is 397 g/mol. The molecular weight excluding hydrogens is 392 g/mol. The number of hydrogen-bond donors (Lipinski definition) is 1. The zero-order chi connectivity index (χ0) is 17.0. The molecule has 1 aliphatic rings. The Hall–Kier alpha value is -1.79. The molecule has 0 amide bonds. The number of fused-ring (bicyclic) bond motifs is 2. The lowest BCUT2D eigenvalue weighted by atomic mass is 10.1. The number of benzene rings is 2. The van der Waals surface area contributed by atoms with E-state index in [1.165, 1.54) is 0 Å². The van der Waals surface area contributed by atoms with E-state index in [1.807, 2.05) is 24.3 Å². The fraction of sp³-hybridized carbons (Fsp3) is 0. The van der Waals surface area contributed by atoms with Crippen molar-refractivity contribution in [2.24, 2.45) is 15.8 Å². The molecule has 2 heterocycles. The molecule has 0 saturated carbocycles. The predicted octanol–water partition coefficient (Wildman–Crippen LogP) is 4.58. The van der Waals surface area contributed by atoms with Gasteiger partial charge in [-0.25, -0.2) is 14.7 Å². The van der Waals surface area contributed by atoms with Crippen LogP contribution in [0.25, 0.3) is 11.0 Å². The molecule has 5 nitrogen and oxygen atoms in total. The first-order valence-corrected chi connectivity index (χ1v) is 8.22. The van der Waals surface area contributed by atoms with Gasteiger partial charge in [-0.05, 0) is 12.1 Å². The van der Waals surface area contributed by atoms with E-state index < -0.39 is 0 Å². The Balaban J connectivity index is 1.98. The third-order valence-corrected chi connectivity index (χ3v) is 5.41. The van der Waals surface area contributed by atoms with Gasteiger partial charge < -0.3 is 5.73 Å². The summed E-state index contributed by atoms with van der Waals surface area (Å²) in [7, 11) is 0. The highest BCUT2D eigenvalue weighted by Gasteiger charge is 2.30. The van der Waals surface area contributed by atoms with Gasteiger partial charge in [0.25, 0.3) is 0 Å². The lowest BCUT2D eigenvalue weighted by molar-refractivity contribution is 0.905. The number of nitrogens with two attached hydrogens (primary N) is 1. The number of amidine groups is 2. The highest BCUT2D eigenvalue weighted by Crippen LogP contribution is 2.43. The molecule has 0 unspecified atom stereocenters. The Bertz CT molecular complexity index is 1070. The van der Waals surface area contributed by atoms with Crippen molar-refractivity contribution >= 4 is 69.1 Å². The minimum atomic E-state index is 0.134. The lowest BCUT2D eigenvalue weighted by Gasteiger charge is -2.09. The number of halogens is 4. The first-order chi connectivity index (χ1) is 11.5. The summed E-state index contributed by atoms with van der Waals surface area (Å²) in [4.78, 5) is 8.53. The maximum Gasteiger partial charge on any atom is 0.184 e. The van der Waals surface area contributed by atoms with Gasteiger partial charge in [-0.15, -0.1) is 5.10 Å². The molecule has 2 aromatic carbocycles. The molecule has 0 saturated heterocycles. The number of nitrogens with zero attached hydrogens (tertiary/aromatic N) is 4. The van der Waals surface area contributed by atoms with Gasteiger partial charge in [-0.3, -0.25) is 0 Å². The maximum absolute atomic E-state index is 6.32. The van der Waals surface area contributed by atoms with Crippen molar-refractivity contribution in [2.45, 2.75) is 0 Å². The van der Waals surface area contributed by atoms with Crippen molar-refractivity contribution in [3.8, 4) is 0 Å². The Labute approximate surface area is 156 Å². The van der Waals surface area contributed by atoms with Gasteiger partial charge in [0.05, 0.1) is 36.7 Å². The van der Waals surface area contributed by atoms with Gasteiger partial charge in [0.2, 0.25) is 0 Å². The molecule has 0 spiro atoms. The zero-order valence-corrected chi connectivity index (χ0v) is 14.8. The number of hydrogen-bond acceptors (Lipinski definition) is 3. The summed E-state index contributed by atoms with van der Waals surface area (Å²) < 4.78 is 1.59. The lowest BCUT2D eigenvalue weighted by Crippen LogP contribution is -2.11. The number of aromatic nitrogens is 2. The normalized spacial score (nSPS) is 15.2. The van der Waals surface area contributed by atoms with Crippen LogP contribution in [-0.4, -0.2) is 21.3 Å². The van der Waals surface area contributed by atoms with Crippen LogP contribution in [0.15, 0.2) is 40.7 Å². The van der Waals surface area contributed by atoms with Crippen LogP contribution in [0.2, 0.25) is 20.1 Å². The quantitative estimate of drug-likeness (QED) is 0.481. The molecule has 120 valence electrons. The summed E-state index contributed by atoms with van der Waals surface area (Å²) in [5, 5.41) is 5.14. The number of rotatable bonds is 1. The fourth-order valence-corrected chi connectivity index (χ4v) is 3.54. The van der Waals surface area contributed by atoms with Crippen LogP contribution in [0.3, 0.4) is 0 Å². The molecule has 3 aromatic rings. The third kappa shape index (κ3) is 2.20. The summed E-state index contributed by atoms with van der Waals surface area (Å²) in [6, 6.07) is 7.55. The molecule has 0 atom stereocenters. The van der Waals surface area contributed by atoms with Crippen molar-refractivity contribution in [3.63, 3.8) is 0 Å². The summed E-state index contributed by atoms with van der Waals surface area (Å²) in [5.74, 6) is 0.467. The van der Waals surface area contributed by atoms with Crippen molar-refractivity contribution in [2.75, 3.05) is 0 Å². The summed E-state index contributed by atoms with van der Waals surface area (Å²) in [6.45, 7) is 0. The topological polar surface area (TPSA) is 68.6 Å². The zero-order valence-electron chi connectivity index (χ0n) is 11.8. The first kappa shape index (κ1) is 15.7. The molecule has 24 heavy (non-hydrogen) atoms. The molecule has 0 aliphatic carbocycles. The highest BCUT2D eigenvalue weighted by molar-refractivity contribution is 6.55. The van der Waals surface area contributed by atoms with Crippen molar-refractivity contribution < 1.29 is 0 Å². The first-order valence-electron chi connectivity index (χ1n) is 6.71. The Morgan fingerprint density at radius 1 is 0.917 bits per heavy atom. The van der Waals surface area contributed by atoms with E-state index in [4.69, 9.17) is 52.1 Å². The molecule has 1 aromatic heterocycles. The van der Waals surface area contributed by atoms with Crippen LogP contribution in [0, 0.1) is 0 Å². The highest BCUT2D eigenvalue weighted by atomic mass is 35.5. The number of para-hydroxylation sites is 2. The molecule has 0 fully saturated rings. The van der Waals surface area contributed by atoms with Crippen LogP contribution in [0.4, 0.5) is 0 Å². The van der Waals surface area contributed by atoms with Crippen molar-refractivity contribution in [3.05, 3.63) is 61.8 Å².